The fourth-order valence-electron chi connectivity index (χ4n) is 4.26. The van der Waals surface area contributed by atoms with Crippen molar-refractivity contribution in [3.8, 4) is 11.1 Å². The molecule has 33 heavy (non-hydrogen) atoms. The minimum absolute atomic E-state index is 0.0606. The Morgan fingerprint density at radius 2 is 1.79 bits per heavy atom. The summed E-state index contributed by atoms with van der Waals surface area (Å²) in [6, 6.07) is 15.0. The van der Waals surface area contributed by atoms with Crippen LogP contribution in [0.1, 0.15) is 40.7 Å². The Morgan fingerprint density at radius 1 is 1.03 bits per heavy atom. The van der Waals surface area contributed by atoms with Crippen molar-refractivity contribution in [3.63, 3.8) is 0 Å². The molecule has 1 aliphatic heterocycles. The second kappa shape index (κ2) is 8.03. The lowest BCUT2D eigenvalue weighted by atomic mass is 9.99. The molecule has 0 radical (unpaired) electrons. The van der Waals surface area contributed by atoms with Gasteiger partial charge in [-0.3, -0.25) is 4.79 Å². The Kier molecular flexibility index (Phi) is 5.15. The summed E-state index contributed by atoms with van der Waals surface area (Å²) in [6.07, 6.45) is -3.09. The van der Waals surface area contributed by atoms with Gasteiger partial charge in [-0.1, -0.05) is 24.3 Å². The molecule has 1 aliphatic rings. The van der Waals surface area contributed by atoms with Gasteiger partial charge in [-0.05, 0) is 66.4 Å². The van der Waals surface area contributed by atoms with Gasteiger partial charge in [0.2, 0.25) is 5.89 Å². The zero-order chi connectivity index (χ0) is 23.2. The van der Waals surface area contributed by atoms with Crippen molar-refractivity contribution < 1.29 is 26.8 Å². The molecule has 5 rings (SSSR count). The number of benzene rings is 3. The molecule has 1 aromatic heterocycles. The largest absolute Gasteiger partial charge is 0.438 e. The number of amides is 1. The van der Waals surface area contributed by atoms with Gasteiger partial charge in [0.25, 0.3) is 5.91 Å². The SMILES string of the molecule is O=C(c1ccc(F)cc1)N1CCC[C@H]1c1nc2cc(-c3ccccc3C(F)(F)F)ccc2o1. The fourth-order valence-corrected chi connectivity index (χ4v) is 4.26. The predicted molar refractivity (Wildman–Crippen MR) is 114 cm³/mol. The lowest BCUT2D eigenvalue weighted by Crippen LogP contribution is -2.30. The Bertz CT molecular complexity index is 1330. The van der Waals surface area contributed by atoms with E-state index in [1.807, 2.05) is 0 Å². The lowest BCUT2D eigenvalue weighted by molar-refractivity contribution is -0.137. The molecule has 0 saturated carbocycles. The summed E-state index contributed by atoms with van der Waals surface area (Å²) in [5.41, 5.74) is 0.927. The van der Waals surface area contributed by atoms with Crippen molar-refractivity contribution in [2.45, 2.75) is 25.1 Å². The number of likely N-dealkylation sites (tertiary alicyclic amines) is 1. The molecule has 168 valence electrons. The number of alkyl halides is 3. The van der Waals surface area contributed by atoms with E-state index in [2.05, 4.69) is 4.98 Å². The summed E-state index contributed by atoms with van der Waals surface area (Å²) in [5.74, 6) is -0.342. The summed E-state index contributed by atoms with van der Waals surface area (Å²) in [5, 5.41) is 0. The molecule has 8 heteroatoms. The third kappa shape index (κ3) is 3.97. The zero-order valence-electron chi connectivity index (χ0n) is 17.3. The number of aromatic nitrogens is 1. The van der Waals surface area contributed by atoms with Crippen LogP contribution in [-0.2, 0) is 6.18 Å². The highest BCUT2D eigenvalue weighted by molar-refractivity contribution is 5.94. The van der Waals surface area contributed by atoms with E-state index < -0.39 is 23.6 Å². The van der Waals surface area contributed by atoms with E-state index >= 15 is 0 Å². The summed E-state index contributed by atoms with van der Waals surface area (Å²) >= 11 is 0. The number of hydrogen-bond acceptors (Lipinski definition) is 3. The topological polar surface area (TPSA) is 46.3 Å². The summed E-state index contributed by atoms with van der Waals surface area (Å²) in [6.45, 7) is 0.504. The Labute approximate surface area is 186 Å². The quantitative estimate of drug-likeness (QED) is 0.327. The maximum atomic E-state index is 13.4. The van der Waals surface area contributed by atoms with Crippen molar-refractivity contribution in [1.82, 2.24) is 9.88 Å². The van der Waals surface area contributed by atoms with Gasteiger partial charge in [0.15, 0.2) is 5.58 Å². The first kappa shape index (κ1) is 21.2. The molecule has 2 heterocycles. The molecular weight excluding hydrogens is 436 g/mol. The van der Waals surface area contributed by atoms with Crippen LogP contribution in [0.3, 0.4) is 0 Å². The smallest absolute Gasteiger partial charge is 0.417 e. The van der Waals surface area contributed by atoms with E-state index in [0.29, 0.717) is 41.1 Å². The first-order chi connectivity index (χ1) is 15.8. The van der Waals surface area contributed by atoms with Crippen molar-refractivity contribution in [1.29, 1.82) is 0 Å². The molecule has 0 unspecified atom stereocenters. The van der Waals surface area contributed by atoms with Gasteiger partial charge in [0.1, 0.15) is 17.4 Å². The maximum Gasteiger partial charge on any atom is 0.417 e. The number of nitrogens with zero attached hydrogens (tertiary/aromatic N) is 2. The summed E-state index contributed by atoms with van der Waals surface area (Å²) in [4.78, 5) is 19.1. The molecule has 0 N–H and O–H groups in total. The van der Waals surface area contributed by atoms with Crippen LogP contribution in [0.15, 0.2) is 71.1 Å². The van der Waals surface area contributed by atoms with Gasteiger partial charge in [-0.25, -0.2) is 9.37 Å². The van der Waals surface area contributed by atoms with Gasteiger partial charge >= 0.3 is 6.18 Å². The van der Waals surface area contributed by atoms with Crippen molar-refractivity contribution in [2.75, 3.05) is 6.54 Å². The van der Waals surface area contributed by atoms with Gasteiger partial charge in [-0.15, -0.1) is 0 Å². The molecule has 1 fully saturated rings. The van der Waals surface area contributed by atoms with E-state index in [-0.39, 0.29) is 11.5 Å². The second-order valence-corrected chi connectivity index (χ2v) is 7.94. The average molecular weight is 454 g/mol. The van der Waals surface area contributed by atoms with E-state index in [4.69, 9.17) is 4.42 Å². The summed E-state index contributed by atoms with van der Waals surface area (Å²) in [7, 11) is 0. The van der Waals surface area contributed by atoms with E-state index in [9.17, 15) is 22.4 Å². The normalized spacial score (nSPS) is 16.5. The monoisotopic (exact) mass is 454 g/mol. The fraction of sp³-hybridized carbons (Fsp3) is 0.200. The number of fused-ring (bicyclic) bond motifs is 1. The number of carbonyl (C=O) groups excluding carboxylic acids is 1. The molecule has 4 nitrogen and oxygen atoms in total. The van der Waals surface area contributed by atoms with E-state index in [1.165, 1.54) is 36.4 Å². The van der Waals surface area contributed by atoms with E-state index in [1.54, 1.807) is 29.2 Å². The maximum absolute atomic E-state index is 13.4. The van der Waals surface area contributed by atoms with Crippen LogP contribution in [0, 0.1) is 5.82 Å². The van der Waals surface area contributed by atoms with Crippen molar-refractivity contribution in [3.05, 3.63) is 89.6 Å². The molecule has 0 bridgehead atoms. The van der Waals surface area contributed by atoms with Crippen LogP contribution in [0.5, 0.6) is 0 Å². The Morgan fingerprint density at radius 3 is 2.55 bits per heavy atom. The number of oxazole rings is 1. The molecule has 1 saturated heterocycles. The standard InChI is InChI=1S/C25H18F4N2O2/c26-17-10-7-15(8-11-17)24(32)31-13-3-6-21(31)23-30-20-14-16(9-12-22(20)33-23)18-4-1-2-5-19(18)25(27,28)29/h1-2,4-5,7-12,14,21H,3,6,13H2/t21-/m0/s1. The van der Waals surface area contributed by atoms with Gasteiger partial charge < -0.3 is 9.32 Å². The third-order valence-corrected chi connectivity index (χ3v) is 5.84. The first-order valence-electron chi connectivity index (χ1n) is 10.4. The number of halogens is 4. The molecule has 1 atom stereocenters. The highest BCUT2D eigenvalue weighted by Crippen LogP contribution is 2.39. The van der Waals surface area contributed by atoms with Crippen LogP contribution in [-0.4, -0.2) is 22.3 Å². The number of hydrogen-bond donors (Lipinski definition) is 0. The molecule has 3 aromatic carbocycles. The third-order valence-electron chi connectivity index (χ3n) is 5.84. The average Bonchev–Trinajstić information content (AvgIpc) is 3.45. The molecular formula is C25H18F4N2O2. The van der Waals surface area contributed by atoms with Crippen LogP contribution in [0.2, 0.25) is 0 Å². The Balaban J connectivity index is 1.48. The van der Waals surface area contributed by atoms with Gasteiger partial charge in [0.05, 0.1) is 5.56 Å². The minimum Gasteiger partial charge on any atom is -0.438 e. The molecule has 1 amide bonds. The second-order valence-electron chi connectivity index (χ2n) is 7.94. The van der Waals surface area contributed by atoms with Crippen molar-refractivity contribution in [2.24, 2.45) is 0 Å². The zero-order valence-corrected chi connectivity index (χ0v) is 17.3. The van der Waals surface area contributed by atoms with Crippen LogP contribution in [0.4, 0.5) is 17.6 Å². The lowest BCUT2D eigenvalue weighted by Gasteiger charge is -2.22. The predicted octanol–water partition coefficient (Wildman–Crippen LogP) is 6.63. The molecule has 4 aromatic rings. The van der Waals surface area contributed by atoms with Gasteiger partial charge in [0, 0.05) is 12.1 Å². The van der Waals surface area contributed by atoms with Gasteiger partial charge in [-0.2, -0.15) is 13.2 Å². The van der Waals surface area contributed by atoms with Crippen LogP contribution >= 0.6 is 0 Å². The first-order valence-corrected chi connectivity index (χ1v) is 10.4. The van der Waals surface area contributed by atoms with Crippen LogP contribution in [0.25, 0.3) is 22.2 Å². The highest BCUT2D eigenvalue weighted by Gasteiger charge is 2.35. The summed E-state index contributed by atoms with van der Waals surface area (Å²) < 4.78 is 59.4. The number of rotatable bonds is 3. The molecule has 0 spiro atoms. The minimum atomic E-state index is -4.48. The van der Waals surface area contributed by atoms with E-state index in [0.717, 1.165) is 12.5 Å². The highest BCUT2D eigenvalue weighted by atomic mass is 19.4. The molecule has 0 aliphatic carbocycles. The van der Waals surface area contributed by atoms with Crippen molar-refractivity contribution >= 4 is 17.0 Å². The number of carbonyl (C=O) groups is 1. The Hall–Kier alpha value is -3.68. The van der Waals surface area contributed by atoms with Crippen LogP contribution < -0.4 is 0 Å².